The molecule has 1 heterocycles. The highest BCUT2D eigenvalue weighted by atomic mass is 127. The minimum atomic E-state index is -0.654. The Bertz CT molecular complexity index is 1420. The molecule has 1 aliphatic heterocycles. The molecule has 0 unspecified atom stereocenters. The van der Waals surface area contributed by atoms with E-state index < -0.39 is 11.8 Å². The van der Waals surface area contributed by atoms with Crippen LogP contribution in [0, 0.1) is 9.39 Å². The van der Waals surface area contributed by atoms with Crippen molar-refractivity contribution in [1.82, 2.24) is 5.32 Å². The Morgan fingerprint density at radius 3 is 2.56 bits per heavy atom. The molecule has 184 valence electrons. The van der Waals surface area contributed by atoms with Crippen LogP contribution in [0.3, 0.4) is 0 Å². The molecule has 1 aliphatic rings. The first-order valence-corrected chi connectivity index (χ1v) is 12.5. The van der Waals surface area contributed by atoms with Crippen molar-refractivity contribution in [2.45, 2.75) is 6.61 Å². The van der Waals surface area contributed by atoms with Crippen molar-refractivity contribution < 1.29 is 23.5 Å². The van der Waals surface area contributed by atoms with Gasteiger partial charge in [0.05, 0.1) is 26.4 Å². The molecule has 0 bridgehead atoms. The third kappa shape index (κ3) is 5.49. The van der Waals surface area contributed by atoms with Gasteiger partial charge in [-0.15, -0.1) is 0 Å². The Kier molecular flexibility index (Phi) is 8.13. The molecule has 1 fully saturated rings. The van der Waals surface area contributed by atoms with E-state index in [0.717, 1.165) is 10.5 Å². The average molecular weight is 657 g/mol. The zero-order valence-corrected chi connectivity index (χ0v) is 23.0. The van der Waals surface area contributed by atoms with Crippen molar-refractivity contribution in [2.75, 3.05) is 12.0 Å². The molecule has 3 aromatic carbocycles. The number of rotatable bonds is 6. The van der Waals surface area contributed by atoms with Gasteiger partial charge in [0, 0.05) is 0 Å². The maximum absolute atomic E-state index is 13.3. The second-order valence-corrected chi connectivity index (χ2v) is 9.81. The van der Waals surface area contributed by atoms with Crippen LogP contribution in [0.2, 0.25) is 10.0 Å². The number of thiocarbonyl (C=S) groups is 1. The van der Waals surface area contributed by atoms with Gasteiger partial charge in [-0.3, -0.25) is 19.8 Å². The lowest BCUT2D eigenvalue weighted by molar-refractivity contribution is -0.122. The summed E-state index contributed by atoms with van der Waals surface area (Å²) in [5.41, 5.74) is 1.40. The van der Waals surface area contributed by atoms with Crippen molar-refractivity contribution >= 4 is 86.7 Å². The monoisotopic (exact) mass is 656 g/mol. The lowest BCUT2D eigenvalue weighted by Crippen LogP contribution is -2.54. The molecule has 11 heteroatoms. The number of nitrogens with zero attached hydrogens (tertiary/aromatic N) is 1. The zero-order chi connectivity index (χ0) is 26.0. The smallest absolute Gasteiger partial charge is 0.270 e. The third-order valence-electron chi connectivity index (χ3n) is 5.13. The van der Waals surface area contributed by atoms with Crippen LogP contribution < -0.4 is 19.7 Å². The quantitative estimate of drug-likeness (QED) is 0.149. The van der Waals surface area contributed by atoms with Crippen molar-refractivity contribution in [2.24, 2.45) is 0 Å². The number of amides is 2. The topological polar surface area (TPSA) is 67.9 Å². The van der Waals surface area contributed by atoms with E-state index in [-0.39, 0.29) is 38.8 Å². The summed E-state index contributed by atoms with van der Waals surface area (Å²) >= 11 is 19.7. The zero-order valence-electron chi connectivity index (χ0n) is 18.5. The molecule has 1 N–H and O–H groups in total. The minimum Gasteiger partial charge on any atom is -0.493 e. The van der Waals surface area contributed by atoms with Crippen LogP contribution in [-0.2, 0) is 16.2 Å². The molecule has 4 rings (SSSR count). The van der Waals surface area contributed by atoms with E-state index in [0.29, 0.717) is 20.6 Å². The lowest BCUT2D eigenvalue weighted by atomic mass is 10.1. The molecule has 36 heavy (non-hydrogen) atoms. The number of carbonyl (C=O) groups excluding carboxylic acids is 2. The van der Waals surface area contributed by atoms with Gasteiger partial charge in [0.2, 0.25) is 0 Å². The van der Waals surface area contributed by atoms with E-state index in [4.69, 9.17) is 44.9 Å². The highest BCUT2D eigenvalue weighted by Crippen LogP contribution is 2.37. The van der Waals surface area contributed by atoms with Crippen LogP contribution in [0.4, 0.5) is 10.1 Å². The maximum atomic E-state index is 13.3. The molecule has 3 aromatic rings. The molecule has 6 nitrogen and oxygen atoms in total. The van der Waals surface area contributed by atoms with Crippen LogP contribution in [0.25, 0.3) is 6.08 Å². The van der Waals surface area contributed by atoms with E-state index in [9.17, 15) is 14.0 Å². The van der Waals surface area contributed by atoms with Crippen molar-refractivity contribution in [3.8, 4) is 11.5 Å². The molecular weight excluding hydrogens is 641 g/mol. The largest absolute Gasteiger partial charge is 0.493 e. The number of nitrogens with one attached hydrogen (secondary N) is 1. The van der Waals surface area contributed by atoms with E-state index in [2.05, 4.69) is 27.9 Å². The van der Waals surface area contributed by atoms with Crippen LogP contribution in [0.15, 0.2) is 60.2 Å². The fraction of sp³-hybridized carbons (Fsp3) is 0.0800. The maximum Gasteiger partial charge on any atom is 0.270 e. The van der Waals surface area contributed by atoms with Gasteiger partial charge in [-0.05, 0) is 88.4 Å². The minimum absolute atomic E-state index is 0.108. The number of hydrogen-bond acceptors (Lipinski definition) is 5. The lowest BCUT2D eigenvalue weighted by Gasteiger charge is -2.29. The molecule has 0 atom stereocenters. The molecule has 0 saturated carbocycles. The van der Waals surface area contributed by atoms with Crippen molar-refractivity contribution in [3.63, 3.8) is 0 Å². The van der Waals surface area contributed by atoms with Crippen LogP contribution in [-0.4, -0.2) is 24.0 Å². The summed E-state index contributed by atoms with van der Waals surface area (Å²) in [7, 11) is 1.48. The average Bonchev–Trinajstić information content (AvgIpc) is 2.84. The number of anilines is 1. The summed E-state index contributed by atoms with van der Waals surface area (Å²) in [6, 6.07) is 14.1. The number of methoxy groups -OCH3 is 1. The fourth-order valence-electron chi connectivity index (χ4n) is 3.41. The highest BCUT2D eigenvalue weighted by molar-refractivity contribution is 14.1. The van der Waals surface area contributed by atoms with E-state index in [1.807, 2.05) is 0 Å². The van der Waals surface area contributed by atoms with E-state index in [1.165, 1.54) is 25.3 Å². The molecule has 0 aliphatic carbocycles. The van der Waals surface area contributed by atoms with E-state index >= 15 is 0 Å². The van der Waals surface area contributed by atoms with Gasteiger partial charge in [0.1, 0.15) is 18.0 Å². The molecule has 0 aromatic heterocycles. The second kappa shape index (κ2) is 11.1. The van der Waals surface area contributed by atoms with Gasteiger partial charge in [-0.2, -0.15) is 0 Å². The number of halogens is 4. The SMILES string of the molecule is COc1cc(/C=C2\C(=O)NC(=S)N(c3cccc(Cl)c3Cl)C2=O)cc(I)c1OCc1ccc(F)cc1. The Morgan fingerprint density at radius 1 is 1.14 bits per heavy atom. The van der Waals surface area contributed by atoms with Crippen molar-refractivity contribution in [1.29, 1.82) is 0 Å². The summed E-state index contributed by atoms with van der Waals surface area (Å²) in [5.74, 6) is -0.771. The Morgan fingerprint density at radius 2 is 1.86 bits per heavy atom. The van der Waals surface area contributed by atoms with Gasteiger partial charge < -0.3 is 9.47 Å². The van der Waals surface area contributed by atoms with Gasteiger partial charge in [-0.25, -0.2) is 4.39 Å². The van der Waals surface area contributed by atoms with E-state index in [1.54, 1.807) is 42.5 Å². The van der Waals surface area contributed by atoms with Crippen LogP contribution in [0.1, 0.15) is 11.1 Å². The van der Waals surface area contributed by atoms with Gasteiger partial charge in [-0.1, -0.05) is 41.4 Å². The van der Waals surface area contributed by atoms with Gasteiger partial charge in [0.25, 0.3) is 11.8 Å². The van der Waals surface area contributed by atoms with Crippen molar-refractivity contribution in [3.05, 3.63) is 90.7 Å². The molecular formula is C25H16Cl2FIN2O4S. The summed E-state index contributed by atoms with van der Waals surface area (Å²) in [6.07, 6.45) is 1.43. The first kappa shape index (κ1) is 26.3. The third-order valence-corrected chi connectivity index (χ3v) is 7.03. The number of carbonyl (C=O) groups is 2. The number of benzene rings is 3. The predicted molar refractivity (Wildman–Crippen MR) is 149 cm³/mol. The molecule has 2 amide bonds. The molecule has 0 spiro atoms. The Balaban J connectivity index is 1.66. The fourth-order valence-corrected chi connectivity index (χ4v) is 4.84. The highest BCUT2D eigenvalue weighted by Gasteiger charge is 2.35. The summed E-state index contributed by atoms with van der Waals surface area (Å²) in [4.78, 5) is 27.1. The Hall–Kier alpha value is -2.73. The van der Waals surface area contributed by atoms with Crippen LogP contribution >= 0.6 is 58.0 Å². The number of hydrogen-bond donors (Lipinski definition) is 1. The number of ether oxygens (including phenoxy) is 2. The molecule has 1 saturated heterocycles. The first-order chi connectivity index (χ1) is 17.2. The normalized spacial score (nSPS) is 14.8. The second-order valence-electron chi connectivity index (χ2n) is 7.48. The van der Waals surface area contributed by atoms with Crippen LogP contribution in [0.5, 0.6) is 11.5 Å². The summed E-state index contributed by atoms with van der Waals surface area (Å²) < 4.78 is 25.2. The molecule has 0 radical (unpaired) electrons. The van der Waals surface area contributed by atoms with Gasteiger partial charge >= 0.3 is 0 Å². The standard InChI is InChI=1S/C25H16Cl2FIN2O4S/c1-34-20-11-14(10-18(29)22(20)35-12-13-5-7-15(28)8-6-13)9-16-23(32)30-25(36)31(24(16)33)19-4-2-3-17(26)21(19)27/h2-11H,12H2,1H3,(H,30,32,36)/b16-9+. The first-order valence-electron chi connectivity index (χ1n) is 10.3. The van der Waals surface area contributed by atoms with Gasteiger partial charge in [0.15, 0.2) is 16.6 Å². The predicted octanol–water partition coefficient (Wildman–Crippen LogP) is 6.16. The summed E-state index contributed by atoms with van der Waals surface area (Å²) in [6.45, 7) is 0.195. The Labute approximate surface area is 235 Å². The summed E-state index contributed by atoms with van der Waals surface area (Å²) in [5, 5.41) is 2.77.